The summed E-state index contributed by atoms with van der Waals surface area (Å²) in [5.41, 5.74) is 2.60. The third-order valence-corrected chi connectivity index (χ3v) is 2.66. The highest BCUT2D eigenvalue weighted by Crippen LogP contribution is 2.23. The summed E-state index contributed by atoms with van der Waals surface area (Å²) in [7, 11) is 0. The van der Waals surface area contributed by atoms with Crippen molar-refractivity contribution >= 4 is 5.69 Å². The van der Waals surface area contributed by atoms with Crippen LogP contribution in [0, 0.1) is 0 Å². The molecule has 2 heteroatoms. The fourth-order valence-corrected chi connectivity index (χ4v) is 1.91. The highest BCUT2D eigenvalue weighted by Gasteiger charge is 2.14. The Balaban J connectivity index is 2.07. The summed E-state index contributed by atoms with van der Waals surface area (Å²) in [5, 5.41) is 3.42. The normalized spacial score (nSPS) is 19.9. The molecule has 1 aliphatic rings. The minimum absolute atomic E-state index is 0.131. The van der Waals surface area contributed by atoms with E-state index in [-0.39, 0.29) is 6.23 Å². The zero-order chi connectivity index (χ0) is 10.5. The van der Waals surface area contributed by atoms with Crippen LogP contribution in [0.3, 0.4) is 0 Å². The molecule has 80 valence electrons. The van der Waals surface area contributed by atoms with Crippen molar-refractivity contribution in [2.24, 2.45) is 0 Å². The van der Waals surface area contributed by atoms with Crippen molar-refractivity contribution in [2.45, 2.75) is 25.5 Å². The number of hydrogen-bond donors (Lipinski definition) is 1. The van der Waals surface area contributed by atoms with E-state index >= 15 is 0 Å². The van der Waals surface area contributed by atoms with E-state index in [2.05, 4.69) is 36.2 Å². The number of para-hydroxylation sites is 1. The standard InChI is InChI=1S/C13H17NO/c1-2-10-15-13-9-5-7-11-6-3-4-8-12(11)14-13/h2-4,6,8,13-14H,1,5,7,9-10H2. The second-order valence-electron chi connectivity index (χ2n) is 3.80. The number of hydrogen-bond acceptors (Lipinski definition) is 2. The molecule has 1 aromatic rings. The van der Waals surface area contributed by atoms with Crippen molar-refractivity contribution < 1.29 is 4.74 Å². The number of rotatable bonds is 3. The number of aryl methyl sites for hydroxylation is 1. The minimum atomic E-state index is 0.131. The van der Waals surface area contributed by atoms with Crippen LogP contribution in [-0.2, 0) is 11.2 Å². The zero-order valence-electron chi connectivity index (χ0n) is 8.91. The van der Waals surface area contributed by atoms with E-state index in [0.29, 0.717) is 6.61 Å². The van der Waals surface area contributed by atoms with E-state index in [1.165, 1.54) is 17.7 Å². The van der Waals surface area contributed by atoms with E-state index < -0.39 is 0 Å². The van der Waals surface area contributed by atoms with Crippen LogP contribution in [0.2, 0.25) is 0 Å². The first kappa shape index (κ1) is 10.2. The maximum atomic E-state index is 5.64. The third kappa shape index (κ3) is 2.60. The Morgan fingerprint density at radius 3 is 3.20 bits per heavy atom. The van der Waals surface area contributed by atoms with Crippen LogP contribution in [0.5, 0.6) is 0 Å². The summed E-state index contributed by atoms with van der Waals surface area (Å²) in [6.07, 6.45) is 5.29. The molecule has 0 fully saturated rings. The minimum Gasteiger partial charge on any atom is -0.360 e. The van der Waals surface area contributed by atoms with Crippen molar-refractivity contribution in [3.8, 4) is 0 Å². The topological polar surface area (TPSA) is 21.3 Å². The van der Waals surface area contributed by atoms with Gasteiger partial charge in [-0.05, 0) is 30.9 Å². The van der Waals surface area contributed by atoms with Gasteiger partial charge in [0.25, 0.3) is 0 Å². The highest BCUT2D eigenvalue weighted by atomic mass is 16.5. The quantitative estimate of drug-likeness (QED) is 0.762. The summed E-state index contributed by atoms with van der Waals surface area (Å²) < 4.78 is 5.64. The van der Waals surface area contributed by atoms with Gasteiger partial charge in [-0.1, -0.05) is 24.3 Å². The Kier molecular flexibility index (Phi) is 3.41. The largest absolute Gasteiger partial charge is 0.360 e. The predicted molar refractivity (Wildman–Crippen MR) is 62.9 cm³/mol. The summed E-state index contributed by atoms with van der Waals surface area (Å²) in [4.78, 5) is 0. The molecule has 0 aromatic heterocycles. The SMILES string of the molecule is C=CCOC1CCCc2ccccc2N1. The van der Waals surface area contributed by atoms with Gasteiger partial charge >= 0.3 is 0 Å². The average Bonchev–Trinajstić information content (AvgIpc) is 2.47. The lowest BCUT2D eigenvalue weighted by Gasteiger charge is -2.17. The third-order valence-electron chi connectivity index (χ3n) is 2.66. The van der Waals surface area contributed by atoms with Crippen LogP contribution in [0.25, 0.3) is 0 Å². The molecular weight excluding hydrogens is 186 g/mol. The second-order valence-corrected chi connectivity index (χ2v) is 3.80. The van der Waals surface area contributed by atoms with Crippen molar-refractivity contribution in [3.05, 3.63) is 42.5 Å². The van der Waals surface area contributed by atoms with E-state index in [4.69, 9.17) is 4.74 Å². The van der Waals surface area contributed by atoms with Crippen molar-refractivity contribution in [1.29, 1.82) is 0 Å². The van der Waals surface area contributed by atoms with Gasteiger partial charge in [0.15, 0.2) is 0 Å². The van der Waals surface area contributed by atoms with Crippen molar-refractivity contribution in [2.75, 3.05) is 11.9 Å². The van der Waals surface area contributed by atoms with Gasteiger partial charge in [0.2, 0.25) is 0 Å². The van der Waals surface area contributed by atoms with Gasteiger partial charge in [0, 0.05) is 5.69 Å². The Morgan fingerprint density at radius 2 is 2.33 bits per heavy atom. The van der Waals surface area contributed by atoms with Crippen molar-refractivity contribution in [1.82, 2.24) is 0 Å². The molecule has 0 saturated heterocycles. The molecule has 1 unspecified atom stereocenters. The molecule has 2 nitrogen and oxygen atoms in total. The van der Waals surface area contributed by atoms with Gasteiger partial charge < -0.3 is 10.1 Å². The number of fused-ring (bicyclic) bond motifs is 1. The van der Waals surface area contributed by atoms with Crippen molar-refractivity contribution in [3.63, 3.8) is 0 Å². The lowest BCUT2D eigenvalue weighted by Crippen LogP contribution is -2.22. The molecule has 0 spiro atoms. The van der Waals surface area contributed by atoms with E-state index in [0.717, 1.165) is 12.8 Å². The summed E-state index contributed by atoms with van der Waals surface area (Å²) in [6.45, 7) is 4.27. The monoisotopic (exact) mass is 203 g/mol. The second kappa shape index (κ2) is 4.99. The molecule has 1 N–H and O–H groups in total. The lowest BCUT2D eigenvalue weighted by atomic mass is 10.1. The maximum Gasteiger partial charge on any atom is 0.128 e. The zero-order valence-corrected chi connectivity index (χ0v) is 8.91. The highest BCUT2D eigenvalue weighted by molar-refractivity contribution is 5.52. The number of benzene rings is 1. The molecule has 15 heavy (non-hydrogen) atoms. The van der Waals surface area contributed by atoms with E-state index in [9.17, 15) is 0 Å². The summed E-state index contributed by atoms with van der Waals surface area (Å²) >= 11 is 0. The van der Waals surface area contributed by atoms with E-state index in [1.54, 1.807) is 6.08 Å². The summed E-state index contributed by atoms with van der Waals surface area (Å²) in [5.74, 6) is 0. The molecule has 2 rings (SSSR count). The number of nitrogens with one attached hydrogen (secondary N) is 1. The Bertz CT molecular complexity index is 335. The average molecular weight is 203 g/mol. The molecular formula is C13H17NO. The lowest BCUT2D eigenvalue weighted by molar-refractivity contribution is 0.0885. The molecule has 0 radical (unpaired) electrons. The molecule has 0 aliphatic carbocycles. The number of anilines is 1. The molecule has 0 saturated carbocycles. The van der Waals surface area contributed by atoms with Crippen LogP contribution < -0.4 is 5.32 Å². The van der Waals surface area contributed by atoms with Crippen LogP contribution >= 0.6 is 0 Å². The molecule has 1 aromatic carbocycles. The molecule has 0 bridgehead atoms. The fraction of sp³-hybridized carbons (Fsp3) is 0.385. The molecule has 1 heterocycles. The first-order chi connectivity index (χ1) is 7.40. The van der Waals surface area contributed by atoms with Gasteiger partial charge in [-0.15, -0.1) is 6.58 Å². The Morgan fingerprint density at radius 1 is 1.47 bits per heavy atom. The van der Waals surface area contributed by atoms with Crippen LogP contribution in [0.4, 0.5) is 5.69 Å². The van der Waals surface area contributed by atoms with Gasteiger partial charge in [-0.25, -0.2) is 0 Å². The number of ether oxygens (including phenoxy) is 1. The van der Waals surface area contributed by atoms with Crippen LogP contribution in [0.1, 0.15) is 18.4 Å². The van der Waals surface area contributed by atoms with Crippen LogP contribution in [-0.4, -0.2) is 12.8 Å². The smallest absolute Gasteiger partial charge is 0.128 e. The predicted octanol–water partition coefficient (Wildman–Crippen LogP) is 2.96. The fourth-order valence-electron chi connectivity index (χ4n) is 1.91. The molecule has 1 aliphatic heterocycles. The Hall–Kier alpha value is -1.28. The first-order valence-corrected chi connectivity index (χ1v) is 5.47. The summed E-state index contributed by atoms with van der Waals surface area (Å²) in [6, 6.07) is 8.44. The Labute approximate surface area is 91.0 Å². The van der Waals surface area contributed by atoms with Gasteiger partial charge in [0.05, 0.1) is 6.61 Å². The van der Waals surface area contributed by atoms with E-state index in [1.807, 2.05) is 0 Å². The van der Waals surface area contributed by atoms with Gasteiger partial charge in [0.1, 0.15) is 6.23 Å². The van der Waals surface area contributed by atoms with Gasteiger partial charge in [-0.2, -0.15) is 0 Å². The maximum absolute atomic E-state index is 5.64. The first-order valence-electron chi connectivity index (χ1n) is 5.47. The molecule has 0 amide bonds. The molecule has 1 atom stereocenters. The van der Waals surface area contributed by atoms with Gasteiger partial charge in [-0.3, -0.25) is 0 Å². The van der Waals surface area contributed by atoms with Crippen LogP contribution in [0.15, 0.2) is 36.9 Å².